The van der Waals surface area contributed by atoms with Crippen LogP contribution < -0.4 is 10.2 Å². The van der Waals surface area contributed by atoms with Gasteiger partial charge in [-0.25, -0.2) is 0 Å². The number of carbonyl (C=O) groups is 2. The number of aliphatic hydroxyl groups is 2. The van der Waals surface area contributed by atoms with Crippen LogP contribution in [-0.2, 0) is 35.8 Å². The Bertz CT molecular complexity index is 299. The molecule has 6 nitrogen and oxygen atoms in total. The van der Waals surface area contributed by atoms with Crippen molar-refractivity contribution in [1.82, 2.24) is 0 Å². The number of hydrogen-bond acceptors (Lipinski definition) is 6. The summed E-state index contributed by atoms with van der Waals surface area (Å²) in [6, 6.07) is 0. The molecule has 0 amide bonds. The second-order valence-corrected chi connectivity index (χ2v) is 4.92. The topological polar surface area (TPSA) is 121 Å². The van der Waals surface area contributed by atoms with E-state index in [1.807, 2.05) is 0 Å². The van der Waals surface area contributed by atoms with Gasteiger partial charge in [-0.15, -0.1) is 11.5 Å². The summed E-state index contributed by atoms with van der Waals surface area (Å²) in [7, 11) is 0. The van der Waals surface area contributed by atoms with Crippen molar-refractivity contribution in [2.45, 2.75) is 67.6 Å². The van der Waals surface area contributed by atoms with Gasteiger partial charge in [0.05, 0.1) is 0 Å². The first-order valence-corrected chi connectivity index (χ1v) is 6.80. The van der Waals surface area contributed by atoms with E-state index in [1.165, 1.54) is 27.7 Å². The Morgan fingerprint density at radius 3 is 0.870 bits per heavy atom. The van der Waals surface area contributed by atoms with Gasteiger partial charge in [-0.2, -0.15) is 0 Å². The predicted molar refractivity (Wildman–Crippen MR) is 83.6 cm³/mol. The minimum Gasteiger partial charge on any atom is -0.876 e. The zero-order valence-electron chi connectivity index (χ0n) is 15.3. The van der Waals surface area contributed by atoms with Crippen LogP contribution in [0.1, 0.15) is 55.4 Å². The standard InChI is InChI=1S/2C5H8O2.2C3H8O.Zr/c2*1-4(6)3-5(2)7;2*1-3(2)4;/h2*3,6H,1-2H3;2*3-4H,1-2H3;/q;;;;+2/p-2/b2*4-3-;;;. The monoisotopic (exact) mass is 408 g/mol. The van der Waals surface area contributed by atoms with Crippen LogP contribution in [0, 0.1) is 0 Å². The maximum absolute atomic E-state index is 9.98. The number of ketones is 2. The van der Waals surface area contributed by atoms with E-state index in [9.17, 15) is 19.8 Å². The van der Waals surface area contributed by atoms with Crippen molar-refractivity contribution in [1.29, 1.82) is 0 Å². The maximum atomic E-state index is 9.98. The van der Waals surface area contributed by atoms with E-state index in [-0.39, 0.29) is 61.5 Å². The molecule has 0 heterocycles. The van der Waals surface area contributed by atoms with Gasteiger partial charge < -0.3 is 20.4 Å². The average molecular weight is 410 g/mol. The Balaban J connectivity index is -0.0000000639. The average Bonchev–Trinajstić information content (AvgIpc) is 2.10. The van der Waals surface area contributed by atoms with Crippen molar-refractivity contribution in [3.05, 3.63) is 23.7 Å². The molecule has 0 aromatic heterocycles. The molecule has 2 N–H and O–H groups in total. The molecule has 23 heavy (non-hydrogen) atoms. The van der Waals surface area contributed by atoms with Gasteiger partial charge in [-0.3, -0.25) is 9.59 Å². The molecule has 0 aliphatic heterocycles. The first kappa shape index (κ1) is 33.7. The summed E-state index contributed by atoms with van der Waals surface area (Å²) in [6.45, 7) is 12.3. The van der Waals surface area contributed by atoms with Gasteiger partial charge in [0, 0.05) is 12.2 Å². The van der Waals surface area contributed by atoms with Crippen LogP contribution in [0.15, 0.2) is 23.7 Å². The molecule has 0 saturated carbocycles. The molecule has 0 unspecified atom stereocenters. The van der Waals surface area contributed by atoms with Crippen molar-refractivity contribution in [3.8, 4) is 0 Å². The van der Waals surface area contributed by atoms with Crippen molar-refractivity contribution >= 4 is 11.6 Å². The molecule has 0 rings (SSSR count). The predicted octanol–water partition coefficient (Wildman–Crippen LogP) is 0.451. The van der Waals surface area contributed by atoms with Gasteiger partial charge in [0.2, 0.25) is 0 Å². The van der Waals surface area contributed by atoms with E-state index in [0.29, 0.717) is 0 Å². The van der Waals surface area contributed by atoms with Crippen LogP contribution in [0.4, 0.5) is 0 Å². The number of carbonyl (C=O) groups excluding carboxylic acids is 2. The molecule has 0 aliphatic rings. The van der Waals surface area contributed by atoms with E-state index in [4.69, 9.17) is 10.2 Å². The summed E-state index contributed by atoms with van der Waals surface area (Å²) < 4.78 is 0. The van der Waals surface area contributed by atoms with Gasteiger partial charge in [0.15, 0.2) is 11.6 Å². The molecule has 0 fully saturated rings. The molecule has 0 atom stereocenters. The van der Waals surface area contributed by atoms with E-state index < -0.39 is 0 Å². The van der Waals surface area contributed by atoms with Gasteiger partial charge in [-0.1, -0.05) is 13.8 Å². The van der Waals surface area contributed by atoms with Crippen LogP contribution in [0.3, 0.4) is 0 Å². The van der Waals surface area contributed by atoms with Crippen LogP contribution >= 0.6 is 0 Å². The van der Waals surface area contributed by atoms with Crippen molar-refractivity contribution in [2.24, 2.45) is 0 Å². The summed E-state index contributed by atoms with van der Waals surface area (Å²) in [5, 5.41) is 36.1. The Morgan fingerprint density at radius 1 is 0.739 bits per heavy atom. The first-order chi connectivity index (χ1) is 9.72. The quantitative estimate of drug-likeness (QED) is 0.504. The van der Waals surface area contributed by atoms with E-state index in [0.717, 1.165) is 12.2 Å². The van der Waals surface area contributed by atoms with Crippen molar-refractivity contribution in [3.63, 3.8) is 0 Å². The molecule has 0 aliphatic carbocycles. The normalized spacial score (nSPS) is 10.1. The van der Waals surface area contributed by atoms with Crippen LogP contribution in [0.25, 0.3) is 0 Å². The van der Waals surface area contributed by atoms with Gasteiger partial charge in [0.1, 0.15) is 0 Å². The zero-order chi connectivity index (χ0) is 18.9. The van der Waals surface area contributed by atoms with Gasteiger partial charge >= 0.3 is 26.2 Å². The molecule has 134 valence electrons. The Hall–Kier alpha value is -0.777. The van der Waals surface area contributed by atoms with Crippen LogP contribution in [-0.4, -0.2) is 34.0 Å². The van der Waals surface area contributed by atoms with Gasteiger partial charge in [-0.05, 0) is 53.7 Å². The minimum absolute atomic E-state index is 0. The fourth-order valence-corrected chi connectivity index (χ4v) is 0.572. The second kappa shape index (κ2) is 23.5. The maximum Gasteiger partial charge on any atom is 2.00 e. The molecule has 0 aromatic carbocycles. The number of allylic oxidation sites excluding steroid dienone is 4. The molecule has 0 saturated heterocycles. The third kappa shape index (κ3) is 150. The fraction of sp³-hybridized carbons (Fsp3) is 0.625. The fourth-order valence-electron chi connectivity index (χ4n) is 0.572. The number of aliphatic hydroxyl groups excluding tert-OH is 2. The zero-order valence-corrected chi connectivity index (χ0v) is 17.8. The number of hydrogen-bond donors (Lipinski definition) is 2. The Kier molecular flexibility index (Phi) is 34.5. The van der Waals surface area contributed by atoms with Crippen molar-refractivity contribution in [2.75, 3.05) is 0 Å². The summed E-state index contributed by atoms with van der Waals surface area (Å²) in [4.78, 5) is 20.0. The molecule has 7 heteroatoms. The van der Waals surface area contributed by atoms with Crippen LogP contribution in [0.2, 0.25) is 0 Å². The Morgan fingerprint density at radius 2 is 0.870 bits per heavy atom. The smallest absolute Gasteiger partial charge is 0.876 e. The molecule has 0 bridgehead atoms. The number of rotatable bonds is 2. The Labute approximate surface area is 159 Å². The largest absolute Gasteiger partial charge is 2.00 e. The minimum atomic E-state index is -0.187. The summed E-state index contributed by atoms with van der Waals surface area (Å²) in [5.74, 6) is -0.750. The van der Waals surface area contributed by atoms with Gasteiger partial charge in [0.25, 0.3) is 0 Å². The summed E-state index contributed by atoms with van der Waals surface area (Å²) >= 11 is 0. The third-order valence-corrected chi connectivity index (χ3v) is 0.813. The SMILES string of the molecule is CC(=O)/C=C(/C)[O-].CC(=O)/C=C(/C)[O-].CC(C)O.CC(C)O.[Zr+2]. The third-order valence-electron chi connectivity index (χ3n) is 0.813. The summed E-state index contributed by atoms with van der Waals surface area (Å²) in [6.07, 6.45) is 1.78. The molecular formula is C16H30O6Zr. The molecule has 0 radical (unpaired) electrons. The first-order valence-electron chi connectivity index (χ1n) is 6.80. The summed E-state index contributed by atoms with van der Waals surface area (Å²) in [5.41, 5.74) is 0. The van der Waals surface area contributed by atoms with Crippen molar-refractivity contribution < 1.29 is 56.2 Å². The second-order valence-electron chi connectivity index (χ2n) is 4.92. The molecule has 0 aromatic rings. The van der Waals surface area contributed by atoms with E-state index in [2.05, 4.69) is 0 Å². The molecular weight excluding hydrogens is 379 g/mol. The van der Waals surface area contributed by atoms with Crippen LogP contribution in [0.5, 0.6) is 0 Å². The van der Waals surface area contributed by atoms with E-state index in [1.54, 1.807) is 27.7 Å². The van der Waals surface area contributed by atoms with E-state index >= 15 is 0 Å². The molecule has 0 spiro atoms.